The molecular weight excluding hydrogens is 130 g/mol. The first-order valence-corrected chi connectivity index (χ1v) is 2.46. The van der Waals surface area contributed by atoms with E-state index in [1.165, 1.54) is 0 Å². The molecule has 0 rings (SSSR count). The van der Waals surface area contributed by atoms with E-state index in [0.717, 1.165) is 6.92 Å². The van der Waals surface area contributed by atoms with Crippen LogP contribution in [0, 0.1) is 5.92 Å². The van der Waals surface area contributed by atoms with E-state index < -0.39 is 17.8 Å². The number of hydrogen-bond donors (Lipinski definition) is 1. The van der Waals surface area contributed by atoms with Gasteiger partial charge in [0.15, 0.2) is 0 Å². The van der Waals surface area contributed by atoms with Crippen LogP contribution in [0.3, 0.4) is 0 Å². The maximum Gasteiger partial charge on any atom is 0.312 e. The predicted octanol–water partition coefficient (Wildman–Crippen LogP) is 1.36. The molecule has 0 spiro atoms. The summed E-state index contributed by atoms with van der Waals surface area (Å²) in [5.41, 5.74) is 0. The van der Waals surface area contributed by atoms with Crippen molar-refractivity contribution < 1.29 is 18.7 Å². The van der Waals surface area contributed by atoms with E-state index in [1.54, 1.807) is 0 Å². The molecule has 0 aliphatic rings. The van der Waals surface area contributed by atoms with E-state index in [9.17, 15) is 13.6 Å². The average molecular weight is 138 g/mol. The molecule has 0 bridgehead atoms. The van der Waals surface area contributed by atoms with Crippen LogP contribution >= 0.6 is 0 Å². The van der Waals surface area contributed by atoms with Crippen molar-refractivity contribution in [2.24, 2.45) is 5.92 Å². The fourth-order valence-electron chi connectivity index (χ4n) is 0.217. The van der Waals surface area contributed by atoms with Crippen LogP contribution in [0.2, 0.25) is 0 Å². The zero-order valence-corrected chi connectivity index (χ0v) is 5.19. The number of carbonyl (C=O) groups is 1. The van der Waals surface area contributed by atoms with Gasteiger partial charge >= 0.3 is 5.97 Å². The third kappa shape index (κ3) is 2.39. The van der Waals surface area contributed by atoms with Crippen LogP contribution in [-0.2, 0) is 4.79 Å². The van der Waals surface area contributed by atoms with Crippen LogP contribution in [0.5, 0.6) is 0 Å². The summed E-state index contributed by atoms with van der Waals surface area (Å²) in [6.45, 7) is 1.56. The van der Waals surface area contributed by atoms with Gasteiger partial charge in [0.2, 0.25) is 0 Å². The van der Waals surface area contributed by atoms with Gasteiger partial charge in [0.05, 0.1) is 0 Å². The average Bonchev–Trinajstić information content (AvgIpc) is 1.62. The summed E-state index contributed by atoms with van der Waals surface area (Å²) in [4.78, 5) is 9.87. The summed E-state index contributed by atoms with van der Waals surface area (Å²) in [7, 11) is 0. The van der Waals surface area contributed by atoms with Gasteiger partial charge < -0.3 is 5.11 Å². The highest BCUT2D eigenvalue weighted by Gasteiger charge is 2.35. The van der Waals surface area contributed by atoms with Crippen LogP contribution in [0.4, 0.5) is 8.78 Å². The second-order valence-corrected chi connectivity index (χ2v) is 2.02. The van der Waals surface area contributed by atoms with Crippen molar-refractivity contribution in [3.8, 4) is 0 Å². The molecular formula is C5H8F2O2. The maximum atomic E-state index is 12.0. The van der Waals surface area contributed by atoms with Crippen molar-refractivity contribution in [3.63, 3.8) is 0 Å². The van der Waals surface area contributed by atoms with Gasteiger partial charge in [-0.05, 0) is 6.92 Å². The Morgan fingerprint density at radius 1 is 1.67 bits per heavy atom. The Labute approximate surface area is 51.5 Å². The summed E-state index contributed by atoms with van der Waals surface area (Å²) in [6, 6.07) is 0. The standard InChI is InChI=1S/C5H8F2O2/c1-3(4(8)9)5(2,6)7/h3H,1-2H3,(H,8,9)/t3-/m1/s1. The van der Waals surface area contributed by atoms with Gasteiger partial charge in [-0.3, -0.25) is 4.79 Å². The van der Waals surface area contributed by atoms with Crippen molar-refractivity contribution in [1.29, 1.82) is 0 Å². The van der Waals surface area contributed by atoms with Crippen molar-refractivity contribution in [2.45, 2.75) is 19.8 Å². The minimum absolute atomic E-state index is 0.589. The highest BCUT2D eigenvalue weighted by molar-refractivity contribution is 5.70. The largest absolute Gasteiger partial charge is 0.481 e. The SMILES string of the molecule is C[C@H](C(=O)O)C(C)(F)F. The number of rotatable bonds is 2. The Hall–Kier alpha value is -0.670. The van der Waals surface area contributed by atoms with Crippen molar-refractivity contribution in [1.82, 2.24) is 0 Å². The van der Waals surface area contributed by atoms with Gasteiger partial charge in [-0.2, -0.15) is 0 Å². The topological polar surface area (TPSA) is 37.3 Å². The van der Waals surface area contributed by atoms with Crippen LogP contribution in [0.15, 0.2) is 0 Å². The monoisotopic (exact) mass is 138 g/mol. The number of hydrogen-bond acceptors (Lipinski definition) is 1. The molecule has 0 aromatic heterocycles. The van der Waals surface area contributed by atoms with E-state index in [2.05, 4.69) is 0 Å². The molecule has 0 aromatic rings. The number of carboxylic acids is 1. The molecule has 0 radical (unpaired) electrons. The number of carboxylic acid groups (broad SMARTS) is 1. The van der Waals surface area contributed by atoms with Crippen molar-refractivity contribution in [3.05, 3.63) is 0 Å². The molecule has 0 fully saturated rings. The fraction of sp³-hybridized carbons (Fsp3) is 0.800. The molecule has 0 saturated heterocycles. The molecule has 1 atom stereocenters. The zero-order valence-electron chi connectivity index (χ0n) is 5.19. The van der Waals surface area contributed by atoms with E-state index in [-0.39, 0.29) is 0 Å². The maximum absolute atomic E-state index is 12.0. The third-order valence-corrected chi connectivity index (χ3v) is 1.13. The Morgan fingerprint density at radius 3 is 2.00 bits per heavy atom. The molecule has 0 heterocycles. The molecule has 0 aliphatic carbocycles. The second kappa shape index (κ2) is 2.29. The molecule has 0 saturated carbocycles. The first-order valence-electron chi connectivity index (χ1n) is 2.46. The van der Waals surface area contributed by atoms with Gasteiger partial charge in [-0.25, -0.2) is 8.78 Å². The van der Waals surface area contributed by atoms with Gasteiger partial charge in [-0.15, -0.1) is 0 Å². The quantitative estimate of drug-likeness (QED) is 0.625. The Kier molecular flexibility index (Phi) is 2.12. The Balaban J connectivity index is 4.04. The van der Waals surface area contributed by atoms with Crippen LogP contribution < -0.4 is 0 Å². The summed E-state index contributed by atoms with van der Waals surface area (Å²) in [6.07, 6.45) is 0. The Morgan fingerprint density at radius 2 is 2.00 bits per heavy atom. The van der Waals surface area contributed by atoms with E-state index in [4.69, 9.17) is 5.11 Å². The van der Waals surface area contributed by atoms with E-state index >= 15 is 0 Å². The van der Waals surface area contributed by atoms with E-state index in [0.29, 0.717) is 6.92 Å². The summed E-state index contributed by atoms with van der Waals surface area (Å²) in [5, 5.41) is 8.04. The highest BCUT2D eigenvalue weighted by atomic mass is 19.3. The third-order valence-electron chi connectivity index (χ3n) is 1.13. The number of halogens is 2. The molecule has 9 heavy (non-hydrogen) atoms. The van der Waals surface area contributed by atoms with Gasteiger partial charge in [0, 0.05) is 6.92 Å². The zero-order chi connectivity index (χ0) is 7.65. The smallest absolute Gasteiger partial charge is 0.312 e. The normalized spacial score (nSPS) is 15.1. The summed E-state index contributed by atoms with van der Waals surface area (Å²) in [5.74, 6) is -6.19. The predicted molar refractivity (Wildman–Crippen MR) is 27.4 cm³/mol. The minimum atomic E-state index is -3.12. The van der Waals surface area contributed by atoms with Crippen molar-refractivity contribution >= 4 is 5.97 Å². The Bertz CT molecular complexity index is 117. The van der Waals surface area contributed by atoms with Gasteiger partial charge in [0.25, 0.3) is 5.92 Å². The molecule has 4 heteroatoms. The van der Waals surface area contributed by atoms with Gasteiger partial charge in [0.1, 0.15) is 5.92 Å². The van der Waals surface area contributed by atoms with Gasteiger partial charge in [-0.1, -0.05) is 0 Å². The second-order valence-electron chi connectivity index (χ2n) is 2.02. The minimum Gasteiger partial charge on any atom is -0.481 e. The summed E-state index contributed by atoms with van der Waals surface area (Å²) < 4.78 is 24.0. The lowest BCUT2D eigenvalue weighted by Gasteiger charge is -2.13. The first kappa shape index (κ1) is 8.33. The number of aliphatic carboxylic acids is 1. The molecule has 0 unspecified atom stereocenters. The fourth-order valence-corrected chi connectivity index (χ4v) is 0.217. The highest BCUT2D eigenvalue weighted by Crippen LogP contribution is 2.22. The molecule has 54 valence electrons. The number of alkyl halides is 2. The van der Waals surface area contributed by atoms with Crippen LogP contribution in [-0.4, -0.2) is 17.0 Å². The van der Waals surface area contributed by atoms with Crippen molar-refractivity contribution in [2.75, 3.05) is 0 Å². The lowest BCUT2D eigenvalue weighted by atomic mass is 10.1. The lowest BCUT2D eigenvalue weighted by Crippen LogP contribution is -2.28. The van der Waals surface area contributed by atoms with Crippen LogP contribution in [0.1, 0.15) is 13.8 Å². The first-order chi connectivity index (χ1) is 3.85. The van der Waals surface area contributed by atoms with Crippen LogP contribution in [0.25, 0.3) is 0 Å². The lowest BCUT2D eigenvalue weighted by molar-refractivity contribution is -0.153. The molecule has 1 N–H and O–H groups in total. The molecule has 0 aromatic carbocycles. The molecule has 2 nitrogen and oxygen atoms in total. The van der Waals surface area contributed by atoms with E-state index in [1.807, 2.05) is 0 Å². The molecule has 0 aliphatic heterocycles. The molecule has 0 amide bonds. The summed E-state index contributed by atoms with van der Waals surface area (Å²) >= 11 is 0.